The summed E-state index contributed by atoms with van der Waals surface area (Å²) in [6, 6.07) is 3.18. The molecular weight excluding hydrogens is 231 g/mol. The minimum absolute atomic E-state index is 0.125. The van der Waals surface area contributed by atoms with Gasteiger partial charge in [0.05, 0.1) is 5.56 Å². The van der Waals surface area contributed by atoms with Crippen LogP contribution < -0.4 is 5.32 Å². The van der Waals surface area contributed by atoms with Crippen LogP contribution in [0.3, 0.4) is 0 Å². The first-order valence-corrected chi connectivity index (χ1v) is 5.22. The Bertz CT molecular complexity index is 477. The van der Waals surface area contributed by atoms with E-state index in [1.807, 2.05) is 0 Å². The van der Waals surface area contributed by atoms with Crippen LogP contribution in [0.1, 0.15) is 29.8 Å². The van der Waals surface area contributed by atoms with Gasteiger partial charge in [-0.2, -0.15) is 13.2 Å². The van der Waals surface area contributed by atoms with Gasteiger partial charge in [-0.1, -0.05) is 13.8 Å². The molecule has 0 saturated heterocycles. The maximum absolute atomic E-state index is 12.5. The van der Waals surface area contributed by atoms with Crippen LogP contribution in [0.25, 0.3) is 0 Å². The van der Waals surface area contributed by atoms with Crippen LogP contribution in [-0.4, -0.2) is 12.3 Å². The zero-order valence-corrected chi connectivity index (χ0v) is 9.48. The molecule has 0 bridgehead atoms. The van der Waals surface area contributed by atoms with E-state index >= 15 is 0 Å². The Morgan fingerprint density at radius 1 is 1.29 bits per heavy atom. The molecule has 2 nitrogen and oxygen atoms in total. The van der Waals surface area contributed by atoms with Gasteiger partial charge in [0, 0.05) is 23.2 Å². The van der Waals surface area contributed by atoms with Gasteiger partial charge in [0.25, 0.3) is 0 Å². The zero-order chi connectivity index (χ0) is 12.8. The fourth-order valence-corrected chi connectivity index (χ4v) is 1.83. The van der Waals surface area contributed by atoms with Crippen molar-refractivity contribution < 1.29 is 18.0 Å². The average Bonchev–Trinajstić information content (AvgIpc) is 2.22. The molecule has 1 aliphatic heterocycles. The molecule has 1 aromatic carbocycles. The van der Waals surface area contributed by atoms with Gasteiger partial charge in [-0.3, -0.25) is 4.79 Å². The average molecular weight is 243 g/mol. The maximum Gasteiger partial charge on any atom is 0.416 e. The molecule has 0 spiro atoms. The fraction of sp³-hybridized carbons (Fsp3) is 0.417. The molecule has 0 amide bonds. The molecule has 0 saturated carbocycles. The Labute approximate surface area is 96.8 Å². The lowest BCUT2D eigenvalue weighted by molar-refractivity contribution is -0.137. The predicted molar refractivity (Wildman–Crippen MR) is 58.0 cm³/mol. The first-order valence-electron chi connectivity index (χ1n) is 5.22. The second-order valence-corrected chi connectivity index (χ2v) is 4.82. The van der Waals surface area contributed by atoms with Gasteiger partial charge >= 0.3 is 6.18 Å². The number of rotatable bonds is 0. The molecule has 0 fully saturated rings. The molecular formula is C12H12F3NO. The first-order chi connectivity index (χ1) is 7.72. The summed E-state index contributed by atoms with van der Waals surface area (Å²) in [5.41, 5.74) is -0.720. The van der Waals surface area contributed by atoms with Gasteiger partial charge in [-0.05, 0) is 18.2 Å². The van der Waals surface area contributed by atoms with Gasteiger partial charge in [0.1, 0.15) is 0 Å². The quantitative estimate of drug-likeness (QED) is 0.757. The van der Waals surface area contributed by atoms with E-state index in [0.717, 1.165) is 12.1 Å². The molecule has 0 aromatic heterocycles. The Morgan fingerprint density at radius 3 is 2.53 bits per heavy atom. The number of halogens is 3. The van der Waals surface area contributed by atoms with Crippen LogP contribution >= 0.6 is 0 Å². The standard InChI is InChI=1S/C12H12F3NO/c1-11(2)6-16-9-5-7(12(13,14)15)3-4-8(9)10(11)17/h3-5,16H,6H2,1-2H3. The summed E-state index contributed by atoms with van der Waals surface area (Å²) >= 11 is 0. The van der Waals surface area contributed by atoms with Crippen molar-refractivity contribution in [2.75, 3.05) is 11.9 Å². The number of ketones is 1. The van der Waals surface area contributed by atoms with Crippen molar-refractivity contribution in [3.63, 3.8) is 0 Å². The summed E-state index contributed by atoms with van der Waals surface area (Å²) in [5.74, 6) is -0.125. The molecule has 1 N–H and O–H groups in total. The molecule has 17 heavy (non-hydrogen) atoms. The predicted octanol–water partition coefficient (Wildman–Crippen LogP) is 3.34. The molecule has 0 radical (unpaired) electrons. The topological polar surface area (TPSA) is 29.1 Å². The van der Waals surface area contributed by atoms with Crippen molar-refractivity contribution in [1.29, 1.82) is 0 Å². The van der Waals surface area contributed by atoms with Crippen LogP contribution in [-0.2, 0) is 6.18 Å². The highest BCUT2D eigenvalue weighted by molar-refractivity contribution is 6.06. The molecule has 2 rings (SSSR count). The number of carbonyl (C=O) groups excluding carboxylic acids is 1. The second-order valence-electron chi connectivity index (χ2n) is 4.82. The Kier molecular flexibility index (Phi) is 2.45. The second kappa shape index (κ2) is 3.48. The van der Waals surface area contributed by atoms with Crippen LogP contribution in [0, 0.1) is 5.41 Å². The number of carbonyl (C=O) groups is 1. The number of hydrogen-bond donors (Lipinski definition) is 1. The third-order valence-electron chi connectivity index (χ3n) is 2.93. The lowest BCUT2D eigenvalue weighted by Crippen LogP contribution is -2.37. The van der Waals surface area contributed by atoms with E-state index in [1.54, 1.807) is 13.8 Å². The molecule has 1 heterocycles. The number of Topliss-reactive ketones (excluding diaryl/α,β-unsaturated/α-hetero) is 1. The summed E-state index contributed by atoms with van der Waals surface area (Å²) < 4.78 is 37.5. The smallest absolute Gasteiger partial charge is 0.383 e. The van der Waals surface area contributed by atoms with E-state index < -0.39 is 17.2 Å². The monoisotopic (exact) mass is 243 g/mol. The largest absolute Gasteiger partial charge is 0.416 e. The van der Waals surface area contributed by atoms with Crippen molar-refractivity contribution >= 4 is 11.5 Å². The highest BCUT2D eigenvalue weighted by Crippen LogP contribution is 2.36. The van der Waals surface area contributed by atoms with Crippen molar-refractivity contribution in [3.8, 4) is 0 Å². The SMILES string of the molecule is CC1(C)CNc2cc(C(F)(F)F)ccc2C1=O. The number of benzene rings is 1. The number of anilines is 1. The fourth-order valence-electron chi connectivity index (χ4n) is 1.83. The Balaban J connectivity index is 2.47. The number of alkyl halides is 3. The maximum atomic E-state index is 12.5. The molecule has 1 aliphatic rings. The van der Waals surface area contributed by atoms with Gasteiger partial charge in [0.2, 0.25) is 0 Å². The molecule has 0 atom stereocenters. The molecule has 1 aromatic rings. The Morgan fingerprint density at radius 2 is 1.94 bits per heavy atom. The number of nitrogens with one attached hydrogen (secondary N) is 1. The summed E-state index contributed by atoms with van der Waals surface area (Å²) in [6.45, 7) is 3.88. The van der Waals surface area contributed by atoms with Crippen LogP contribution in [0.4, 0.5) is 18.9 Å². The Hall–Kier alpha value is -1.52. The van der Waals surface area contributed by atoms with Crippen molar-refractivity contribution in [1.82, 2.24) is 0 Å². The van der Waals surface area contributed by atoms with Crippen LogP contribution in [0.15, 0.2) is 18.2 Å². The van der Waals surface area contributed by atoms with Gasteiger partial charge in [0.15, 0.2) is 5.78 Å². The lowest BCUT2D eigenvalue weighted by Gasteiger charge is -2.31. The van der Waals surface area contributed by atoms with Crippen LogP contribution in [0.5, 0.6) is 0 Å². The van der Waals surface area contributed by atoms with E-state index in [0.29, 0.717) is 12.1 Å². The minimum atomic E-state index is -4.38. The van der Waals surface area contributed by atoms with Gasteiger partial charge < -0.3 is 5.32 Å². The van der Waals surface area contributed by atoms with E-state index in [2.05, 4.69) is 5.32 Å². The van der Waals surface area contributed by atoms with E-state index in [4.69, 9.17) is 0 Å². The summed E-state index contributed by atoms with van der Waals surface area (Å²) in [7, 11) is 0. The molecule has 0 aliphatic carbocycles. The normalized spacial score (nSPS) is 18.5. The van der Waals surface area contributed by atoms with E-state index in [1.165, 1.54) is 6.07 Å². The highest BCUT2D eigenvalue weighted by atomic mass is 19.4. The molecule has 92 valence electrons. The third kappa shape index (κ3) is 2.01. The highest BCUT2D eigenvalue weighted by Gasteiger charge is 2.37. The summed E-state index contributed by atoms with van der Waals surface area (Å²) in [6.07, 6.45) is -4.38. The van der Waals surface area contributed by atoms with Crippen molar-refractivity contribution in [2.24, 2.45) is 5.41 Å². The number of hydrogen-bond acceptors (Lipinski definition) is 2. The third-order valence-corrected chi connectivity index (χ3v) is 2.93. The first kappa shape index (κ1) is 12.0. The number of fused-ring (bicyclic) bond motifs is 1. The molecule has 5 heteroatoms. The van der Waals surface area contributed by atoms with E-state index in [9.17, 15) is 18.0 Å². The lowest BCUT2D eigenvalue weighted by atomic mass is 9.80. The minimum Gasteiger partial charge on any atom is -0.383 e. The molecule has 0 unspecified atom stereocenters. The van der Waals surface area contributed by atoms with Crippen molar-refractivity contribution in [3.05, 3.63) is 29.3 Å². The summed E-state index contributed by atoms with van der Waals surface area (Å²) in [4.78, 5) is 12.0. The van der Waals surface area contributed by atoms with Gasteiger partial charge in [-0.25, -0.2) is 0 Å². The van der Waals surface area contributed by atoms with Crippen molar-refractivity contribution in [2.45, 2.75) is 20.0 Å². The summed E-state index contributed by atoms with van der Waals surface area (Å²) in [5, 5.41) is 2.87. The van der Waals surface area contributed by atoms with Crippen LogP contribution in [0.2, 0.25) is 0 Å². The van der Waals surface area contributed by atoms with E-state index in [-0.39, 0.29) is 11.5 Å². The zero-order valence-electron chi connectivity index (χ0n) is 9.48. The van der Waals surface area contributed by atoms with Gasteiger partial charge in [-0.15, -0.1) is 0 Å².